The predicted octanol–water partition coefficient (Wildman–Crippen LogP) is 1.89. The van der Waals surface area contributed by atoms with E-state index in [4.69, 9.17) is 4.74 Å². The highest BCUT2D eigenvalue weighted by molar-refractivity contribution is 5.90. The van der Waals surface area contributed by atoms with Gasteiger partial charge in [0.1, 0.15) is 17.9 Å². The average molecular weight is 364 g/mol. The molecule has 0 radical (unpaired) electrons. The summed E-state index contributed by atoms with van der Waals surface area (Å²) in [5.74, 6) is -1.85. The molecule has 0 aromatic heterocycles. The SMILES string of the molecule is COC(=O)[C@@H](CC=C(C)C)NC(=O)[C@@H](Cc1ccc(F)cc1)NC(C)=O. The molecule has 2 atom stereocenters. The molecular formula is C19H25FN2O4. The van der Waals surface area contributed by atoms with E-state index in [0.717, 1.165) is 5.57 Å². The van der Waals surface area contributed by atoms with Crippen LogP contribution in [0.5, 0.6) is 0 Å². The molecule has 2 N–H and O–H groups in total. The molecule has 0 saturated heterocycles. The Hall–Kier alpha value is -2.70. The summed E-state index contributed by atoms with van der Waals surface area (Å²) in [5, 5.41) is 5.17. The number of carbonyl (C=O) groups is 3. The highest BCUT2D eigenvalue weighted by atomic mass is 19.1. The van der Waals surface area contributed by atoms with Crippen molar-refractivity contribution in [2.24, 2.45) is 0 Å². The Bertz CT molecular complexity index is 667. The number of allylic oxidation sites excluding steroid dienone is 1. The second-order valence-electron chi connectivity index (χ2n) is 6.19. The maximum Gasteiger partial charge on any atom is 0.328 e. The largest absolute Gasteiger partial charge is 0.467 e. The minimum absolute atomic E-state index is 0.169. The van der Waals surface area contributed by atoms with E-state index in [2.05, 4.69) is 10.6 Å². The smallest absolute Gasteiger partial charge is 0.328 e. The van der Waals surface area contributed by atoms with Crippen molar-refractivity contribution in [3.05, 3.63) is 47.3 Å². The Kier molecular flexibility index (Phi) is 8.48. The fourth-order valence-electron chi connectivity index (χ4n) is 2.29. The van der Waals surface area contributed by atoms with Crippen LogP contribution in [0.4, 0.5) is 4.39 Å². The van der Waals surface area contributed by atoms with E-state index in [0.29, 0.717) is 5.56 Å². The number of halogens is 1. The molecule has 26 heavy (non-hydrogen) atoms. The summed E-state index contributed by atoms with van der Waals surface area (Å²) in [6.45, 7) is 5.06. The topological polar surface area (TPSA) is 84.5 Å². The second kappa shape index (κ2) is 10.3. The molecule has 2 amide bonds. The molecule has 0 heterocycles. The fourth-order valence-corrected chi connectivity index (χ4v) is 2.29. The van der Waals surface area contributed by atoms with E-state index in [9.17, 15) is 18.8 Å². The van der Waals surface area contributed by atoms with E-state index in [1.807, 2.05) is 19.9 Å². The van der Waals surface area contributed by atoms with Gasteiger partial charge in [0.25, 0.3) is 0 Å². The number of hydrogen-bond acceptors (Lipinski definition) is 4. The summed E-state index contributed by atoms with van der Waals surface area (Å²) in [5.41, 5.74) is 1.68. The lowest BCUT2D eigenvalue weighted by Crippen LogP contribution is -2.52. The molecular weight excluding hydrogens is 339 g/mol. The number of rotatable bonds is 8. The number of ether oxygens (including phenoxy) is 1. The Labute approximate surface area is 152 Å². The normalized spacial score (nSPS) is 12.5. The van der Waals surface area contributed by atoms with Crippen LogP contribution < -0.4 is 10.6 Å². The zero-order valence-corrected chi connectivity index (χ0v) is 15.5. The molecule has 0 aliphatic rings. The number of nitrogens with one attached hydrogen (secondary N) is 2. The summed E-state index contributed by atoms with van der Waals surface area (Å²) in [6.07, 6.45) is 2.27. The van der Waals surface area contributed by atoms with Crippen LogP contribution in [0.1, 0.15) is 32.8 Å². The van der Waals surface area contributed by atoms with Crippen LogP contribution in [0.25, 0.3) is 0 Å². The van der Waals surface area contributed by atoms with Crippen molar-refractivity contribution in [1.82, 2.24) is 10.6 Å². The Morgan fingerprint density at radius 2 is 1.69 bits per heavy atom. The van der Waals surface area contributed by atoms with Crippen molar-refractivity contribution in [1.29, 1.82) is 0 Å². The van der Waals surface area contributed by atoms with Crippen molar-refractivity contribution in [2.75, 3.05) is 7.11 Å². The lowest BCUT2D eigenvalue weighted by Gasteiger charge is -2.21. The van der Waals surface area contributed by atoms with Gasteiger partial charge in [-0.05, 0) is 38.0 Å². The molecule has 0 bridgehead atoms. The molecule has 0 spiro atoms. The molecule has 0 fully saturated rings. The third-order valence-electron chi connectivity index (χ3n) is 3.61. The van der Waals surface area contributed by atoms with Crippen molar-refractivity contribution in [2.45, 2.75) is 45.7 Å². The monoisotopic (exact) mass is 364 g/mol. The number of methoxy groups -OCH3 is 1. The second-order valence-corrected chi connectivity index (χ2v) is 6.19. The number of carbonyl (C=O) groups excluding carboxylic acids is 3. The summed E-state index contributed by atoms with van der Waals surface area (Å²) < 4.78 is 17.8. The first-order chi connectivity index (χ1) is 12.2. The number of amides is 2. The summed E-state index contributed by atoms with van der Waals surface area (Å²) in [6, 6.07) is 3.90. The Balaban J connectivity index is 2.91. The van der Waals surface area contributed by atoms with Crippen LogP contribution in [-0.4, -0.2) is 37.0 Å². The Morgan fingerprint density at radius 3 is 2.19 bits per heavy atom. The number of benzene rings is 1. The van der Waals surface area contributed by atoms with Crippen LogP contribution >= 0.6 is 0 Å². The zero-order valence-electron chi connectivity index (χ0n) is 15.5. The molecule has 7 heteroatoms. The molecule has 0 aliphatic heterocycles. The maximum atomic E-state index is 13.0. The molecule has 0 aliphatic carbocycles. The molecule has 1 aromatic rings. The van der Waals surface area contributed by atoms with Crippen LogP contribution in [-0.2, 0) is 25.5 Å². The van der Waals surface area contributed by atoms with Crippen LogP contribution in [0.2, 0.25) is 0 Å². The van der Waals surface area contributed by atoms with Gasteiger partial charge in [0.2, 0.25) is 11.8 Å². The van der Waals surface area contributed by atoms with E-state index in [-0.39, 0.29) is 24.6 Å². The third-order valence-corrected chi connectivity index (χ3v) is 3.61. The van der Waals surface area contributed by atoms with Gasteiger partial charge < -0.3 is 15.4 Å². The van der Waals surface area contributed by atoms with Gasteiger partial charge in [-0.1, -0.05) is 23.8 Å². The van der Waals surface area contributed by atoms with Gasteiger partial charge in [-0.15, -0.1) is 0 Å². The van der Waals surface area contributed by atoms with Gasteiger partial charge in [-0.2, -0.15) is 0 Å². The quantitative estimate of drug-likeness (QED) is 0.545. The molecule has 142 valence electrons. The summed E-state index contributed by atoms with van der Waals surface area (Å²) in [7, 11) is 1.24. The summed E-state index contributed by atoms with van der Waals surface area (Å²) >= 11 is 0. The lowest BCUT2D eigenvalue weighted by atomic mass is 10.0. The predicted molar refractivity (Wildman–Crippen MR) is 95.7 cm³/mol. The van der Waals surface area contributed by atoms with Crippen molar-refractivity contribution in [3.63, 3.8) is 0 Å². The highest BCUT2D eigenvalue weighted by Gasteiger charge is 2.26. The molecule has 0 unspecified atom stereocenters. The summed E-state index contributed by atoms with van der Waals surface area (Å²) in [4.78, 5) is 35.9. The zero-order chi connectivity index (χ0) is 19.7. The minimum atomic E-state index is -0.892. The lowest BCUT2D eigenvalue weighted by molar-refractivity contribution is -0.145. The fraction of sp³-hybridized carbons (Fsp3) is 0.421. The van der Waals surface area contributed by atoms with Crippen LogP contribution in [0.3, 0.4) is 0 Å². The van der Waals surface area contributed by atoms with Gasteiger partial charge in [0, 0.05) is 13.3 Å². The third kappa shape index (κ3) is 7.46. The number of hydrogen-bond donors (Lipinski definition) is 2. The maximum absolute atomic E-state index is 13.0. The molecule has 6 nitrogen and oxygen atoms in total. The number of esters is 1. The Morgan fingerprint density at radius 1 is 1.08 bits per heavy atom. The van der Waals surface area contributed by atoms with Gasteiger partial charge in [0.15, 0.2) is 0 Å². The first kappa shape index (κ1) is 21.3. The van der Waals surface area contributed by atoms with Gasteiger partial charge in [-0.25, -0.2) is 9.18 Å². The van der Waals surface area contributed by atoms with Gasteiger partial charge >= 0.3 is 5.97 Å². The van der Waals surface area contributed by atoms with Crippen LogP contribution in [0, 0.1) is 5.82 Å². The first-order valence-corrected chi connectivity index (χ1v) is 8.26. The molecule has 0 saturated carbocycles. The van der Waals surface area contributed by atoms with Gasteiger partial charge in [0.05, 0.1) is 7.11 Å². The van der Waals surface area contributed by atoms with E-state index < -0.39 is 24.0 Å². The highest BCUT2D eigenvalue weighted by Crippen LogP contribution is 2.08. The van der Waals surface area contributed by atoms with E-state index in [1.54, 1.807) is 12.1 Å². The van der Waals surface area contributed by atoms with Crippen LogP contribution in [0.15, 0.2) is 35.9 Å². The van der Waals surface area contributed by atoms with Gasteiger partial charge in [-0.3, -0.25) is 9.59 Å². The van der Waals surface area contributed by atoms with E-state index >= 15 is 0 Å². The van der Waals surface area contributed by atoms with Crippen molar-refractivity contribution >= 4 is 17.8 Å². The first-order valence-electron chi connectivity index (χ1n) is 8.26. The van der Waals surface area contributed by atoms with Crippen molar-refractivity contribution < 1.29 is 23.5 Å². The minimum Gasteiger partial charge on any atom is -0.467 e. The average Bonchev–Trinajstić information content (AvgIpc) is 2.58. The molecule has 1 rings (SSSR count). The van der Waals surface area contributed by atoms with Crippen molar-refractivity contribution in [3.8, 4) is 0 Å². The molecule has 1 aromatic carbocycles. The standard InChI is InChI=1S/C19H25FN2O4/c1-12(2)5-10-16(19(25)26-4)22-18(24)17(21-13(3)23)11-14-6-8-15(20)9-7-14/h5-9,16-17H,10-11H2,1-4H3,(H,21,23)(H,22,24)/t16-,17-/m1/s1. The van der Waals surface area contributed by atoms with E-state index in [1.165, 1.54) is 26.2 Å².